The lowest BCUT2D eigenvalue weighted by molar-refractivity contribution is -0.376. The third-order valence-electron chi connectivity index (χ3n) is 7.22. The van der Waals surface area contributed by atoms with Gasteiger partial charge in [-0.25, -0.2) is 9.78 Å². The van der Waals surface area contributed by atoms with Gasteiger partial charge in [0.1, 0.15) is 17.0 Å². The Labute approximate surface area is 255 Å². The molecule has 2 aromatic carbocycles. The van der Waals surface area contributed by atoms with Crippen molar-refractivity contribution < 1.29 is 50.5 Å². The van der Waals surface area contributed by atoms with Crippen LogP contribution in [0.2, 0.25) is 0 Å². The fourth-order valence-corrected chi connectivity index (χ4v) is 4.90. The smallest absolute Gasteiger partial charge is 0.430 e. The third-order valence-corrected chi connectivity index (χ3v) is 7.22. The molecular formula is C31H31F6N3O5. The quantitative estimate of drug-likeness (QED) is 0.185. The summed E-state index contributed by atoms with van der Waals surface area (Å²) in [5.74, 6) is -0.0782. The van der Waals surface area contributed by atoms with Crippen LogP contribution in [0.3, 0.4) is 0 Å². The summed E-state index contributed by atoms with van der Waals surface area (Å²) in [6, 6.07) is 12.8. The number of urea groups is 1. The summed E-state index contributed by atoms with van der Waals surface area (Å²) < 4.78 is 91.9. The van der Waals surface area contributed by atoms with E-state index < -0.39 is 41.0 Å². The molecule has 1 fully saturated rings. The summed E-state index contributed by atoms with van der Waals surface area (Å²) in [4.78, 5) is 31.0. The molecular weight excluding hydrogens is 608 g/mol. The Morgan fingerprint density at radius 1 is 0.978 bits per heavy atom. The number of ether oxygens (including phenoxy) is 2. The molecule has 3 aromatic rings. The predicted octanol–water partition coefficient (Wildman–Crippen LogP) is 6.89. The number of nitrogens with one attached hydrogen (secondary N) is 1. The highest BCUT2D eigenvalue weighted by Gasteiger charge is 2.71. The molecule has 0 spiro atoms. The number of hydrogen-bond donors (Lipinski definition) is 2. The number of benzene rings is 2. The minimum atomic E-state index is -6.06. The number of halogens is 6. The maximum absolute atomic E-state index is 13.4. The van der Waals surface area contributed by atoms with Crippen LogP contribution in [-0.2, 0) is 28.9 Å². The Bertz CT molecular complexity index is 1540. The van der Waals surface area contributed by atoms with E-state index in [2.05, 4.69) is 10.3 Å². The second-order valence-electron chi connectivity index (χ2n) is 11.0. The first-order chi connectivity index (χ1) is 20.9. The molecule has 45 heavy (non-hydrogen) atoms. The van der Waals surface area contributed by atoms with E-state index in [0.29, 0.717) is 29.4 Å². The zero-order valence-corrected chi connectivity index (χ0v) is 24.7. The van der Waals surface area contributed by atoms with Gasteiger partial charge < -0.3 is 19.9 Å². The number of carbonyl (C=O) groups is 2. The van der Waals surface area contributed by atoms with Gasteiger partial charge in [0.2, 0.25) is 5.88 Å². The highest BCUT2D eigenvalue weighted by molar-refractivity contribution is 6.07. The number of alkyl halides is 6. The number of nitrogens with zero attached hydrogens (tertiary/aromatic N) is 2. The Kier molecular flexibility index (Phi) is 9.11. The van der Waals surface area contributed by atoms with Crippen LogP contribution in [0.25, 0.3) is 0 Å². The number of amides is 3. The molecule has 1 saturated heterocycles. The molecule has 2 N–H and O–H groups in total. The van der Waals surface area contributed by atoms with Crippen molar-refractivity contribution in [3.63, 3.8) is 0 Å². The first kappa shape index (κ1) is 33.6. The predicted molar refractivity (Wildman–Crippen MR) is 149 cm³/mol. The van der Waals surface area contributed by atoms with Crippen molar-refractivity contribution in [1.29, 1.82) is 0 Å². The molecule has 0 bridgehead atoms. The Hall–Kier alpha value is -4.33. The van der Waals surface area contributed by atoms with E-state index in [1.807, 2.05) is 13.8 Å². The van der Waals surface area contributed by atoms with E-state index >= 15 is 0 Å². The number of pyridine rings is 1. The Morgan fingerprint density at radius 2 is 1.62 bits per heavy atom. The lowest BCUT2D eigenvalue weighted by Crippen LogP contribution is -2.54. The molecule has 4 rings (SSSR count). The summed E-state index contributed by atoms with van der Waals surface area (Å²) in [5, 5.41) is 12.5. The maximum atomic E-state index is 13.4. The molecule has 3 amide bonds. The number of carbonyl (C=O) groups excluding carboxylic acids is 2. The number of aliphatic hydroxyl groups is 1. The van der Waals surface area contributed by atoms with Crippen molar-refractivity contribution in [3.8, 4) is 17.4 Å². The van der Waals surface area contributed by atoms with Crippen LogP contribution in [0.1, 0.15) is 56.4 Å². The SMILES string of the molecule is CCCc1cc(C(O)(C(F)(F)F)C(F)(F)F)cnc1Oc1cccc(CN2C(=O)NC(C)(c3ccc(OC(C)C)cc3)C2=O)c1. The van der Waals surface area contributed by atoms with Gasteiger partial charge in [-0.3, -0.25) is 9.69 Å². The summed E-state index contributed by atoms with van der Waals surface area (Å²) >= 11 is 0. The monoisotopic (exact) mass is 639 g/mol. The van der Waals surface area contributed by atoms with Crippen LogP contribution in [0.15, 0.2) is 60.8 Å². The van der Waals surface area contributed by atoms with E-state index in [1.54, 1.807) is 44.2 Å². The fraction of sp³-hybridized carbons (Fsp3) is 0.387. The van der Waals surface area contributed by atoms with Gasteiger partial charge in [0.25, 0.3) is 11.5 Å². The number of imide groups is 1. The van der Waals surface area contributed by atoms with Crippen LogP contribution in [-0.4, -0.2) is 45.4 Å². The number of aromatic nitrogens is 1. The van der Waals surface area contributed by atoms with Crippen LogP contribution in [0, 0.1) is 0 Å². The van der Waals surface area contributed by atoms with Crippen molar-refractivity contribution in [2.75, 3.05) is 0 Å². The minimum Gasteiger partial charge on any atom is -0.491 e. The summed E-state index contributed by atoms with van der Waals surface area (Å²) in [7, 11) is 0. The highest BCUT2D eigenvalue weighted by Crippen LogP contribution is 2.50. The number of hydrogen-bond acceptors (Lipinski definition) is 6. The van der Waals surface area contributed by atoms with Gasteiger partial charge in [-0.1, -0.05) is 37.6 Å². The minimum absolute atomic E-state index is 0.00668. The fourth-order valence-electron chi connectivity index (χ4n) is 4.90. The molecule has 0 radical (unpaired) electrons. The second kappa shape index (κ2) is 12.2. The largest absolute Gasteiger partial charge is 0.491 e. The van der Waals surface area contributed by atoms with E-state index in [4.69, 9.17) is 9.47 Å². The van der Waals surface area contributed by atoms with Crippen molar-refractivity contribution in [1.82, 2.24) is 15.2 Å². The standard InChI is InChI=1S/C31H31F6N3O5/c1-5-7-20-15-22(29(43,30(32,33)34)31(35,36)37)16-38-25(20)45-24-9-6-8-19(14-24)17-40-26(41)28(4,39-27(40)42)21-10-12-23(13-11-21)44-18(2)3/h6,8-16,18,43H,5,7,17H2,1-4H3,(H,39,42). The molecule has 1 unspecified atom stereocenters. The topological polar surface area (TPSA) is 101 Å². The van der Waals surface area contributed by atoms with Gasteiger partial charge in [-0.05, 0) is 68.7 Å². The molecule has 0 saturated carbocycles. The van der Waals surface area contributed by atoms with E-state index in [1.165, 1.54) is 18.2 Å². The van der Waals surface area contributed by atoms with Gasteiger partial charge in [0, 0.05) is 17.3 Å². The number of aryl methyl sites for hydroxylation is 1. The van der Waals surface area contributed by atoms with Gasteiger partial charge in [0.15, 0.2) is 0 Å². The van der Waals surface area contributed by atoms with Crippen LogP contribution >= 0.6 is 0 Å². The van der Waals surface area contributed by atoms with Gasteiger partial charge in [-0.15, -0.1) is 0 Å². The van der Waals surface area contributed by atoms with E-state index in [-0.39, 0.29) is 42.5 Å². The van der Waals surface area contributed by atoms with Crippen LogP contribution < -0.4 is 14.8 Å². The van der Waals surface area contributed by atoms with Crippen molar-refractivity contribution >= 4 is 11.9 Å². The zero-order chi connectivity index (χ0) is 33.4. The summed E-state index contributed by atoms with van der Waals surface area (Å²) in [6.45, 7) is 6.82. The molecule has 1 atom stereocenters. The van der Waals surface area contributed by atoms with Crippen LogP contribution in [0.4, 0.5) is 31.1 Å². The van der Waals surface area contributed by atoms with Crippen molar-refractivity contribution in [2.45, 2.75) is 76.7 Å². The first-order valence-electron chi connectivity index (χ1n) is 13.9. The number of rotatable bonds is 10. The average molecular weight is 640 g/mol. The third kappa shape index (κ3) is 6.56. The molecule has 14 heteroatoms. The van der Waals surface area contributed by atoms with Crippen molar-refractivity contribution in [3.05, 3.63) is 83.0 Å². The Morgan fingerprint density at radius 3 is 2.20 bits per heavy atom. The molecule has 1 aliphatic heterocycles. The molecule has 242 valence electrons. The molecule has 1 aromatic heterocycles. The van der Waals surface area contributed by atoms with Gasteiger partial charge >= 0.3 is 18.4 Å². The summed E-state index contributed by atoms with van der Waals surface area (Å²) in [5.41, 5.74) is -7.08. The average Bonchev–Trinajstić information content (AvgIpc) is 3.16. The first-order valence-corrected chi connectivity index (χ1v) is 13.9. The molecule has 8 nitrogen and oxygen atoms in total. The summed E-state index contributed by atoms with van der Waals surface area (Å²) in [6.07, 6.45) is -11.6. The molecule has 2 heterocycles. The second-order valence-corrected chi connectivity index (χ2v) is 11.0. The van der Waals surface area contributed by atoms with E-state index in [0.717, 1.165) is 4.90 Å². The van der Waals surface area contributed by atoms with Gasteiger partial charge in [-0.2, -0.15) is 26.3 Å². The lowest BCUT2D eigenvalue weighted by Gasteiger charge is -2.32. The van der Waals surface area contributed by atoms with E-state index in [9.17, 15) is 41.0 Å². The lowest BCUT2D eigenvalue weighted by atomic mass is 9.92. The maximum Gasteiger partial charge on any atom is 0.430 e. The normalized spacial score (nSPS) is 17.6. The van der Waals surface area contributed by atoms with Crippen molar-refractivity contribution in [2.24, 2.45) is 0 Å². The zero-order valence-electron chi connectivity index (χ0n) is 24.7. The highest BCUT2D eigenvalue weighted by atomic mass is 19.4. The molecule has 0 aliphatic carbocycles. The molecule has 1 aliphatic rings. The van der Waals surface area contributed by atoms with Gasteiger partial charge in [0.05, 0.1) is 12.6 Å². The Balaban J connectivity index is 1.56. The van der Waals surface area contributed by atoms with Crippen LogP contribution in [0.5, 0.6) is 17.4 Å².